The van der Waals surface area contributed by atoms with Crippen molar-refractivity contribution in [1.82, 2.24) is 20.0 Å². The molecule has 1 aliphatic rings. The predicted octanol–water partition coefficient (Wildman–Crippen LogP) is 2.64. The van der Waals surface area contributed by atoms with E-state index in [9.17, 15) is 4.79 Å². The van der Waals surface area contributed by atoms with Crippen LogP contribution in [0.4, 0.5) is 11.5 Å². The SMILES string of the molecule is COCCn1cc(-c2ccc3c(c2)CC(Nc2ccc(C#N)cn2)[C@H](C)N3C(C)=O)nn1. The van der Waals surface area contributed by atoms with E-state index < -0.39 is 0 Å². The molecule has 9 heteroatoms. The fourth-order valence-electron chi connectivity index (χ4n) is 4.04. The molecule has 0 saturated heterocycles. The fraction of sp³-hybridized carbons (Fsp3) is 0.348. The van der Waals surface area contributed by atoms with Gasteiger partial charge in [-0.1, -0.05) is 11.3 Å². The normalized spacial score (nSPS) is 17.5. The zero-order valence-electron chi connectivity index (χ0n) is 18.3. The van der Waals surface area contributed by atoms with Crippen molar-refractivity contribution < 1.29 is 9.53 Å². The number of hydrogen-bond acceptors (Lipinski definition) is 7. The van der Waals surface area contributed by atoms with Crippen molar-refractivity contribution in [2.24, 2.45) is 0 Å². The van der Waals surface area contributed by atoms with Crippen LogP contribution in [0.15, 0.2) is 42.7 Å². The maximum absolute atomic E-state index is 12.5. The summed E-state index contributed by atoms with van der Waals surface area (Å²) < 4.78 is 6.85. The highest BCUT2D eigenvalue weighted by Gasteiger charge is 2.34. The first-order chi connectivity index (χ1) is 15.5. The molecule has 1 amide bonds. The molecule has 2 atom stereocenters. The molecule has 3 heterocycles. The summed E-state index contributed by atoms with van der Waals surface area (Å²) in [7, 11) is 1.65. The van der Waals surface area contributed by atoms with Crippen molar-refractivity contribution in [3.8, 4) is 17.3 Å². The lowest BCUT2D eigenvalue weighted by Gasteiger charge is -2.40. The smallest absolute Gasteiger partial charge is 0.224 e. The zero-order valence-corrected chi connectivity index (χ0v) is 18.3. The average molecular weight is 432 g/mol. The summed E-state index contributed by atoms with van der Waals surface area (Å²) in [4.78, 5) is 18.7. The molecule has 0 saturated carbocycles. The van der Waals surface area contributed by atoms with Crippen molar-refractivity contribution >= 4 is 17.4 Å². The monoisotopic (exact) mass is 431 g/mol. The lowest BCUT2D eigenvalue weighted by atomic mass is 9.90. The molecule has 0 fully saturated rings. The maximum Gasteiger partial charge on any atom is 0.224 e. The molecule has 3 aromatic rings. The van der Waals surface area contributed by atoms with E-state index in [1.54, 1.807) is 30.8 Å². The summed E-state index contributed by atoms with van der Waals surface area (Å²) in [5.74, 6) is 0.654. The summed E-state index contributed by atoms with van der Waals surface area (Å²) in [5, 5.41) is 20.9. The van der Waals surface area contributed by atoms with Gasteiger partial charge in [-0.15, -0.1) is 5.10 Å². The van der Waals surface area contributed by atoms with E-state index in [0.29, 0.717) is 31.0 Å². The Bertz CT molecular complexity index is 1150. The molecule has 1 aromatic carbocycles. The van der Waals surface area contributed by atoms with Crippen LogP contribution in [0.5, 0.6) is 0 Å². The Kier molecular flexibility index (Phi) is 6.14. The average Bonchev–Trinajstić information content (AvgIpc) is 3.27. The van der Waals surface area contributed by atoms with Crippen LogP contribution < -0.4 is 10.2 Å². The van der Waals surface area contributed by atoms with Gasteiger partial charge < -0.3 is 15.0 Å². The number of benzene rings is 1. The molecule has 0 bridgehead atoms. The third-order valence-electron chi connectivity index (χ3n) is 5.69. The number of amides is 1. The van der Waals surface area contributed by atoms with Crippen LogP contribution in [-0.2, 0) is 22.5 Å². The number of methoxy groups -OCH3 is 1. The Morgan fingerprint density at radius 1 is 1.34 bits per heavy atom. The van der Waals surface area contributed by atoms with Crippen LogP contribution in [0.1, 0.15) is 25.0 Å². The van der Waals surface area contributed by atoms with Crippen LogP contribution in [-0.4, -0.2) is 51.7 Å². The molecule has 1 aliphatic heterocycles. The van der Waals surface area contributed by atoms with Gasteiger partial charge in [0.1, 0.15) is 17.6 Å². The Hall–Kier alpha value is -3.77. The topological polar surface area (TPSA) is 109 Å². The van der Waals surface area contributed by atoms with Crippen molar-refractivity contribution in [2.45, 2.75) is 38.9 Å². The minimum absolute atomic E-state index is 0.0173. The second kappa shape index (κ2) is 9.16. The Labute approximate surface area is 186 Å². The number of rotatable bonds is 6. The largest absolute Gasteiger partial charge is 0.383 e. The highest BCUT2D eigenvalue weighted by Crippen LogP contribution is 2.35. The number of anilines is 2. The van der Waals surface area contributed by atoms with E-state index in [0.717, 1.165) is 22.5 Å². The van der Waals surface area contributed by atoms with Crippen LogP contribution in [0.3, 0.4) is 0 Å². The second-order valence-electron chi connectivity index (χ2n) is 7.83. The first-order valence-corrected chi connectivity index (χ1v) is 10.4. The number of nitriles is 1. The number of fused-ring (bicyclic) bond motifs is 1. The fourth-order valence-corrected chi connectivity index (χ4v) is 4.04. The lowest BCUT2D eigenvalue weighted by molar-refractivity contribution is -0.117. The predicted molar refractivity (Wildman–Crippen MR) is 120 cm³/mol. The summed E-state index contributed by atoms with van der Waals surface area (Å²) in [6.07, 6.45) is 4.15. The second-order valence-corrected chi connectivity index (χ2v) is 7.83. The number of nitrogens with zero attached hydrogens (tertiary/aromatic N) is 6. The van der Waals surface area contributed by atoms with Crippen molar-refractivity contribution in [2.75, 3.05) is 23.9 Å². The van der Waals surface area contributed by atoms with E-state index in [1.807, 2.05) is 30.2 Å². The molecule has 164 valence electrons. The van der Waals surface area contributed by atoms with Gasteiger partial charge in [-0.2, -0.15) is 5.26 Å². The molecule has 1 unspecified atom stereocenters. The van der Waals surface area contributed by atoms with Gasteiger partial charge in [0.05, 0.1) is 37.0 Å². The van der Waals surface area contributed by atoms with Gasteiger partial charge >= 0.3 is 0 Å². The number of carbonyl (C=O) groups is 1. The van der Waals surface area contributed by atoms with E-state index in [2.05, 4.69) is 32.7 Å². The molecule has 0 aliphatic carbocycles. The first-order valence-electron chi connectivity index (χ1n) is 10.4. The van der Waals surface area contributed by atoms with E-state index in [-0.39, 0.29) is 18.0 Å². The number of aromatic nitrogens is 4. The third-order valence-corrected chi connectivity index (χ3v) is 5.69. The molecule has 32 heavy (non-hydrogen) atoms. The molecule has 4 rings (SSSR count). The Balaban J connectivity index is 1.63. The van der Waals surface area contributed by atoms with Crippen molar-refractivity contribution in [3.05, 3.63) is 53.9 Å². The van der Waals surface area contributed by atoms with Gasteiger partial charge in [0.15, 0.2) is 0 Å². The van der Waals surface area contributed by atoms with E-state index in [4.69, 9.17) is 10.00 Å². The van der Waals surface area contributed by atoms with Crippen LogP contribution in [0.25, 0.3) is 11.3 Å². The number of pyridine rings is 1. The van der Waals surface area contributed by atoms with Crippen LogP contribution >= 0.6 is 0 Å². The minimum Gasteiger partial charge on any atom is -0.383 e. The maximum atomic E-state index is 12.5. The Morgan fingerprint density at radius 3 is 2.88 bits per heavy atom. The molecular formula is C23H25N7O2. The highest BCUT2D eigenvalue weighted by atomic mass is 16.5. The minimum atomic E-state index is -0.0711. The molecule has 1 N–H and O–H groups in total. The number of hydrogen-bond donors (Lipinski definition) is 1. The van der Waals surface area contributed by atoms with Gasteiger partial charge in [0.2, 0.25) is 5.91 Å². The summed E-state index contributed by atoms with van der Waals surface area (Å²) in [6, 6.07) is 11.5. The highest BCUT2D eigenvalue weighted by molar-refractivity contribution is 5.94. The van der Waals surface area contributed by atoms with Crippen LogP contribution in [0, 0.1) is 11.3 Å². The summed E-state index contributed by atoms with van der Waals surface area (Å²) in [5.41, 5.74) is 4.18. The zero-order chi connectivity index (χ0) is 22.7. The van der Waals surface area contributed by atoms with Gasteiger partial charge in [0, 0.05) is 31.5 Å². The number of nitrogens with one attached hydrogen (secondary N) is 1. The van der Waals surface area contributed by atoms with Gasteiger partial charge in [-0.3, -0.25) is 4.79 Å². The quantitative estimate of drug-likeness (QED) is 0.639. The molecule has 9 nitrogen and oxygen atoms in total. The number of carbonyl (C=O) groups excluding carboxylic acids is 1. The lowest BCUT2D eigenvalue weighted by Crippen LogP contribution is -2.52. The molecule has 0 spiro atoms. The van der Waals surface area contributed by atoms with Crippen LogP contribution in [0.2, 0.25) is 0 Å². The molecule has 2 aromatic heterocycles. The summed E-state index contributed by atoms with van der Waals surface area (Å²) >= 11 is 0. The first kappa shape index (κ1) is 21.5. The summed E-state index contributed by atoms with van der Waals surface area (Å²) in [6.45, 7) is 4.81. The Morgan fingerprint density at radius 2 is 2.19 bits per heavy atom. The van der Waals surface area contributed by atoms with E-state index >= 15 is 0 Å². The van der Waals surface area contributed by atoms with Crippen molar-refractivity contribution in [1.29, 1.82) is 5.26 Å². The molecule has 0 radical (unpaired) electrons. The third kappa shape index (κ3) is 4.31. The number of ether oxygens (including phenoxy) is 1. The van der Waals surface area contributed by atoms with Gasteiger partial charge in [-0.25, -0.2) is 9.67 Å². The standard InChI is InChI=1S/C23H25N7O2/c1-15-20(26-23-7-4-17(12-24)13-25-23)11-19-10-18(5-6-22(19)30(15)16(2)31)21-14-29(28-27-21)8-9-32-3/h4-7,10,13-15,20H,8-9,11H2,1-3H3,(H,25,26)/t15-,20?/m0/s1. The molecular weight excluding hydrogens is 406 g/mol. The van der Waals surface area contributed by atoms with E-state index in [1.165, 1.54) is 6.20 Å². The van der Waals surface area contributed by atoms with Crippen molar-refractivity contribution in [3.63, 3.8) is 0 Å². The van der Waals surface area contributed by atoms with Gasteiger partial charge in [0.25, 0.3) is 0 Å². The van der Waals surface area contributed by atoms with Gasteiger partial charge in [-0.05, 0) is 43.2 Å².